The Labute approximate surface area is 84.6 Å². The molecule has 0 saturated heterocycles. The summed E-state index contributed by atoms with van der Waals surface area (Å²) in [5.74, 6) is 8.29. The third kappa shape index (κ3) is 1.99. The van der Waals surface area contributed by atoms with Crippen LogP contribution >= 0.6 is 0 Å². The number of hydrogen-bond acceptors (Lipinski definition) is 3. The molecule has 1 aliphatic carbocycles. The first-order valence-corrected chi connectivity index (χ1v) is 5.32. The zero-order valence-electron chi connectivity index (χ0n) is 8.62. The van der Waals surface area contributed by atoms with Crippen LogP contribution in [0.4, 0.5) is 0 Å². The zero-order valence-corrected chi connectivity index (χ0v) is 8.62. The van der Waals surface area contributed by atoms with Crippen LogP contribution in [0.5, 0.6) is 0 Å². The summed E-state index contributed by atoms with van der Waals surface area (Å²) < 4.78 is 5.56. The van der Waals surface area contributed by atoms with Gasteiger partial charge in [0.2, 0.25) is 0 Å². The van der Waals surface area contributed by atoms with E-state index in [1.807, 2.05) is 19.1 Å². The van der Waals surface area contributed by atoms with E-state index in [1.54, 1.807) is 0 Å². The number of hydrazine groups is 1. The smallest absolute Gasteiger partial charge is 0.122 e. The molecular weight excluding hydrogens is 176 g/mol. The quantitative estimate of drug-likeness (QED) is 0.571. The number of rotatable bonds is 4. The molecule has 3 nitrogen and oxygen atoms in total. The van der Waals surface area contributed by atoms with E-state index in [-0.39, 0.29) is 6.04 Å². The molecule has 1 saturated carbocycles. The fourth-order valence-corrected chi connectivity index (χ4v) is 1.97. The van der Waals surface area contributed by atoms with Crippen LogP contribution in [-0.2, 0) is 0 Å². The number of hydrogen-bond donors (Lipinski definition) is 2. The van der Waals surface area contributed by atoms with Gasteiger partial charge >= 0.3 is 0 Å². The van der Waals surface area contributed by atoms with Crippen LogP contribution in [0.1, 0.15) is 43.2 Å². The lowest BCUT2D eigenvalue weighted by molar-refractivity contribution is 0.246. The maximum absolute atomic E-state index is 5.56. The van der Waals surface area contributed by atoms with Gasteiger partial charge in [0, 0.05) is 0 Å². The number of furan rings is 1. The Balaban J connectivity index is 1.97. The molecule has 0 amide bonds. The summed E-state index contributed by atoms with van der Waals surface area (Å²) >= 11 is 0. The first-order chi connectivity index (χ1) is 6.79. The summed E-state index contributed by atoms with van der Waals surface area (Å²) in [6.07, 6.45) is 5.17. The van der Waals surface area contributed by atoms with Gasteiger partial charge in [-0.25, -0.2) is 5.43 Å². The summed E-state index contributed by atoms with van der Waals surface area (Å²) in [5, 5.41) is 0. The van der Waals surface area contributed by atoms with Crippen LogP contribution in [0.15, 0.2) is 16.5 Å². The highest BCUT2D eigenvalue weighted by Gasteiger charge is 2.23. The van der Waals surface area contributed by atoms with Crippen molar-refractivity contribution >= 4 is 0 Å². The molecule has 2 rings (SSSR count). The molecule has 14 heavy (non-hydrogen) atoms. The largest absolute Gasteiger partial charge is 0.465 e. The molecule has 1 fully saturated rings. The van der Waals surface area contributed by atoms with Crippen LogP contribution in [-0.4, -0.2) is 0 Å². The minimum atomic E-state index is 0.189. The Morgan fingerprint density at radius 2 is 2.36 bits per heavy atom. The second kappa shape index (κ2) is 4.15. The van der Waals surface area contributed by atoms with Crippen LogP contribution < -0.4 is 11.3 Å². The van der Waals surface area contributed by atoms with Crippen molar-refractivity contribution in [3.63, 3.8) is 0 Å². The van der Waals surface area contributed by atoms with E-state index in [1.165, 1.54) is 19.3 Å². The summed E-state index contributed by atoms with van der Waals surface area (Å²) in [6, 6.07) is 4.19. The maximum atomic E-state index is 5.56. The van der Waals surface area contributed by atoms with Gasteiger partial charge < -0.3 is 4.42 Å². The van der Waals surface area contributed by atoms with Gasteiger partial charge in [0.15, 0.2) is 0 Å². The minimum absolute atomic E-state index is 0.189. The molecule has 1 unspecified atom stereocenters. The van der Waals surface area contributed by atoms with Gasteiger partial charge in [-0.15, -0.1) is 0 Å². The van der Waals surface area contributed by atoms with Crippen LogP contribution in [0, 0.1) is 12.8 Å². The molecular formula is C11H18N2O. The molecule has 0 spiro atoms. The van der Waals surface area contributed by atoms with Crippen molar-refractivity contribution in [2.45, 2.75) is 38.6 Å². The molecule has 78 valence electrons. The van der Waals surface area contributed by atoms with Crippen LogP contribution in [0.3, 0.4) is 0 Å². The molecule has 1 aliphatic rings. The number of nitrogens with two attached hydrogens (primary N) is 1. The second-order valence-electron chi connectivity index (χ2n) is 4.20. The number of nitrogens with one attached hydrogen (secondary N) is 1. The molecule has 1 atom stereocenters. The highest BCUT2D eigenvalue weighted by molar-refractivity contribution is 5.09. The molecule has 0 bridgehead atoms. The fourth-order valence-electron chi connectivity index (χ4n) is 1.97. The molecule has 0 aromatic carbocycles. The number of aryl methyl sites for hydroxylation is 1. The molecule has 1 heterocycles. The third-order valence-corrected chi connectivity index (χ3v) is 3.10. The van der Waals surface area contributed by atoms with E-state index in [0.717, 1.165) is 23.9 Å². The Bertz CT molecular complexity index is 291. The highest BCUT2D eigenvalue weighted by atomic mass is 16.3. The van der Waals surface area contributed by atoms with Crippen LogP contribution in [0.25, 0.3) is 0 Å². The van der Waals surface area contributed by atoms with Crippen molar-refractivity contribution in [2.24, 2.45) is 11.8 Å². The molecule has 3 N–H and O–H groups in total. The van der Waals surface area contributed by atoms with Gasteiger partial charge in [-0.05, 0) is 31.4 Å². The van der Waals surface area contributed by atoms with Crippen LogP contribution in [0.2, 0.25) is 0 Å². The van der Waals surface area contributed by atoms with Gasteiger partial charge in [0.1, 0.15) is 11.5 Å². The summed E-state index contributed by atoms with van der Waals surface area (Å²) in [5.41, 5.74) is 2.84. The Morgan fingerprint density at radius 1 is 1.57 bits per heavy atom. The molecule has 3 heteroatoms. The lowest BCUT2D eigenvalue weighted by Crippen LogP contribution is -2.30. The first-order valence-electron chi connectivity index (χ1n) is 5.32. The lowest BCUT2D eigenvalue weighted by atomic mass is 9.80. The van der Waals surface area contributed by atoms with Crippen molar-refractivity contribution < 1.29 is 4.42 Å². The Hall–Kier alpha value is -0.800. The SMILES string of the molecule is Cc1ccc(C(CC2CCC2)NN)o1. The van der Waals surface area contributed by atoms with Crippen molar-refractivity contribution in [3.8, 4) is 0 Å². The highest BCUT2D eigenvalue weighted by Crippen LogP contribution is 2.34. The standard InChI is InChI=1S/C11H18N2O/c1-8-5-6-11(14-8)10(13-12)7-9-3-2-4-9/h5-6,9-10,13H,2-4,7,12H2,1H3. The normalized spacial score (nSPS) is 19.3. The van der Waals surface area contributed by atoms with Crippen molar-refractivity contribution in [1.82, 2.24) is 5.43 Å². The average molecular weight is 194 g/mol. The van der Waals surface area contributed by atoms with Crippen molar-refractivity contribution in [1.29, 1.82) is 0 Å². The Kier molecular flexibility index (Phi) is 2.89. The van der Waals surface area contributed by atoms with E-state index < -0.39 is 0 Å². The lowest BCUT2D eigenvalue weighted by Gasteiger charge is -2.28. The Morgan fingerprint density at radius 3 is 2.79 bits per heavy atom. The van der Waals surface area contributed by atoms with Gasteiger partial charge in [-0.1, -0.05) is 19.3 Å². The summed E-state index contributed by atoms with van der Waals surface area (Å²) in [4.78, 5) is 0. The van der Waals surface area contributed by atoms with E-state index in [9.17, 15) is 0 Å². The fraction of sp³-hybridized carbons (Fsp3) is 0.636. The first kappa shape index (κ1) is 9.74. The van der Waals surface area contributed by atoms with E-state index >= 15 is 0 Å². The second-order valence-corrected chi connectivity index (χ2v) is 4.20. The monoisotopic (exact) mass is 194 g/mol. The summed E-state index contributed by atoms with van der Waals surface area (Å²) in [7, 11) is 0. The topological polar surface area (TPSA) is 51.2 Å². The molecule has 0 aliphatic heterocycles. The molecule has 1 aromatic heterocycles. The van der Waals surface area contributed by atoms with Gasteiger partial charge in [-0.2, -0.15) is 0 Å². The van der Waals surface area contributed by atoms with Gasteiger partial charge in [0.05, 0.1) is 6.04 Å². The predicted molar refractivity (Wildman–Crippen MR) is 55.5 cm³/mol. The van der Waals surface area contributed by atoms with Crippen molar-refractivity contribution in [2.75, 3.05) is 0 Å². The minimum Gasteiger partial charge on any atom is -0.465 e. The van der Waals surface area contributed by atoms with E-state index in [0.29, 0.717) is 0 Å². The van der Waals surface area contributed by atoms with Gasteiger partial charge in [0.25, 0.3) is 0 Å². The van der Waals surface area contributed by atoms with Crippen molar-refractivity contribution in [3.05, 3.63) is 23.7 Å². The van der Waals surface area contributed by atoms with Gasteiger partial charge in [-0.3, -0.25) is 5.84 Å². The zero-order chi connectivity index (χ0) is 9.97. The third-order valence-electron chi connectivity index (χ3n) is 3.10. The van der Waals surface area contributed by atoms with E-state index in [4.69, 9.17) is 10.3 Å². The predicted octanol–water partition coefficient (Wildman–Crippen LogP) is 2.28. The summed E-state index contributed by atoms with van der Waals surface area (Å²) in [6.45, 7) is 1.96. The maximum Gasteiger partial charge on any atom is 0.122 e. The molecule has 0 radical (unpaired) electrons. The van der Waals surface area contributed by atoms with E-state index in [2.05, 4.69) is 5.43 Å². The average Bonchev–Trinajstić information content (AvgIpc) is 2.50. The molecule has 1 aromatic rings.